The van der Waals surface area contributed by atoms with Crippen molar-refractivity contribution in [3.63, 3.8) is 0 Å². The van der Waals surface area contributed by atoms with Gasteiger partial charge in [-0.1, -0.05) is 274 Å². The van der Waals surface area contributed by atoms with Crippen LogP contribution in [0.2, 0.25) is 0 Å². The van der Waals surface area contributed by atoms with Gasteiger partial charge in [0.25, 0.3) is 0 Å². The van der Waals surface area contributed by atoms with E-state index < -0.39 is 97.5 Å². The molecule has 0 aliphatic heterocycles. The lowest BCUT2D eigenvalue weighted by molar-refractivity contribution is -0.161. The van der Waals surface area contributed by atoms with Gasteiger partial charge in [0, 0.05) is 25.7 Å². The summed E-state index contributed by atoms with van der Waals surface area (Å²) in [7, 11) is -9.89. The second-order valence-electron chi connectivity index (χ2n) is 26.1. The first-order valence-electron chi connectivity index (χ1n) is 34.7. The number of esters is 4. The molecule has 0 rings (SSSR count). The summed E-state index contributed by atoms with van der Waals surface area (Å²) in [5.41, 5.74) is 0. The van der Waals surface area contributed by atoms with E-state index in [9.17, 15) is 43.2 Å². The molecule has 86 heavy (non-hydrogen) atoms. The Labute approximate surface area is 524 Å². The van der Waals surface area contributed by atoms with E-state index in [1.54, 1.807) is 0 Å². The molecule has 0 saturated carbocycles. The van der Waals surface area contributed by atoms with Gasteiger partial charge >= 0.3 is 39.5 Å². The van der Waals surface area contributed by atoms with Crippen molar-refractivity contribution in [1.29, 1.82) is 0 Å². The summed E-state index contributed by atoms with van der Waals surface area (Å²) in [4.78, 5) is 72.3. The fourth-order valence-electron chi connectivity index (χ4n) is 9.96. The highest BCUT2D eigenvalue weighted by atomic mass is 31.2. The van der Waals surface area contributed by atoms with Crippen LogP contribution in [0.5, 0.6) is 0 Å². The van der Waals surface area contributed by atoms with Crippen molar-refractivity contribution in [3.8, 4) is 0 Å². The van der Waals surface area contributed by atoms with Gasteiger partial charge < -0.3 is 33.8 Å². The number of phosphoric ester groups is 2. The molecule has 19 heteroatoms. The zero-order chi connectivity index (χ0) is 63.9. The molecule has 5 atom stereocenters. The van der Waals surface area contributed by atoms with Crippen LogP contribution in [0.3, 0.4) is 0 Å². The maximum atomic E-state index is 13.0. The number of carbonyl (C=O) groups excluding carboxylic acids is 4. The topological polar surface area (TPSA) is 237 Å². The maximum Gasteiger partial charge on any atom is 0.472 e. The fourth-order valence-corrected chi connectivity index (χ4v) is 11.5. The first kappa shape index (κ1) is 84.1. The van der Waals surface area contributed by atoms with Crippen LogP contribution < -0.4 is 0 Å². The van der Waals surface area contributed by atoms with Gasteiger partial charge in [-0.2, -0.15) is 0 Å². The summed E-state index contributed by atoms with van der Waals surface area (Å²) in [5.74, 6) is 0.760. The number of ether oxygens (including phenoxy) is 4. The Kier molecular flexibility index (Phi) is 55.7. The minimum absolute atomic E-state index is 0.103. The van der Waals surface area contributed by atoms with E-state index in [4.69, 9.17) is 37.0 Å². The highest BCUT2D eigenvalue weighted by Gasteiger charge is 2.30. The summed E-state index contributed by atoms with van der Waals surface area (Å²) < 4.78 is 68.1. The molecule has 0 heterocycles. The molecule has 0 fully saturated rings. The Hall–Kier alpha value is -1.94. The molecule has 2 unspecified atom stereocenters. The summed E-state index contributed by atoms with van der Waals surface area (Å²) in [6.07, 6.45) is 37.8. The number of carbonyl (C=O) groups is 4. The SMILES string of the molecule is CC(C)CCCCCCCCCCCCCCC(=O)OC[C@H](COP(=O)(O)OC[C@@H](O)COP(=O)(O)OC[C@@H](COC(=O)CCCCCCCCC(C)C)OC(=O)CCCCCCCCCCC(C)C)OC(=O)CCCCCCCCCCC(C)C. The van der Waals surface area contributed by atoms with Crippen molar-refractivity contribution in [1.82, 2.24) is 0 Å². The van der Waals surface area contributed by atoms with Gasteiger partial charge in [0.2, 0.25) is 0 Å². The average Bonchev–Trinajstić information content (AvgIpc) is 3.67. The third kappa shape index (κ3) is 60.9. The zero-order valence-electron chi connectivity index (χ0n) is 55.9. The van der Waals surface area contributed by atoms with Gasteiger partial charge in [-0.05, 0) is 49.4 Å². The van der Waals surface area contributed by atoms with E-state index in [2.05, 4.69) is 55.4 Å². The van der Waals surface area contributed by atoms with Gasteiger partial charge in [0.1, 0.15) is 19.3 Å². The molecule has 17 nitrogen and oxygen atoms in total. The Morgan fingerprint density at radius 2 is 0.488 bits per heavy atom. The summed E-state index contributed by atoms with van der Waals surface area (Å²) in [6, 6.07) is 0. The predicted octanol–water partition coefficient (Wildman–Crippen LogP) is 18.5. The van der Waals surface area contributed by atoms with E-state index in [0.717, 1.165) is 114 Å². The van der Waals surface area contributed by atoms with Crippen molar-refractivity contribution in [2.24, 2.45) is 23.7 Å². The monoisotopic (exact) mass is 1270 g/mol. The molecule has 0 aliphatic carbocycles. The minimum Gasteiger partial charge on any atom is -0.462 e. The maximum absolute atomic E-state index is 13.0. The number of aliphatic hydroxyl groups excluding tert-OH is 1. The first-order valence-corrected chi connectivity index (χ1v) is 37.7. The lowest BCUT2D eigenvalue weighted by Crippen LogP contribution is -2.30. The number of hydrogen-bond acceptors (Lipinski definition) is 15. The van der Waals surface area contributed by atoms with Crippen molar-refractivity contribution >= 4 is 39.5 Å². The van der Waals surface area contributed by atoms with E-state index in [-0.39, 0.29) is 25.7 Å². The van der Waals surface area contributed by atoms with Crippen LogP contribution in [0.4, 0.5) is 0 Å². The van der Waals surface area contributed by atoms with Crippen LogP contribution in [-0.4, -0.2) is 96.7 Å². The molecule has 0 bridgehead atoms. The van der Waals surface area contributed by atoms with Gasteiger partial charge in [-0.3, -0.25) is 37.3 Å². The highest BCUT2D eigenvalue weighted by molar-refractivity contribution is 7.47. The predicted molar refractivity (Wildman–Crippen MR) is 344 cm³/mol. The van der Waals surface area contributed by atoms with Gasteiger partial charge in [0.05, 0.1) is 26.4 Å². The summed E-state index contributed by atoms with van der Waals surface area (Å²) >= 11 is 0. The molecule has 0 amide bonds. The number of aliphatic hydroxyl groups is 1. The number of unbranched alkanes of at least 4 members (excludes halogenated alkanes) is 30. The third-order valence-electron chi connectivity index (χ3n) is 15.3. The van der Waals surface area contributed by atoms with Gasteiger partial charge in [-0.25, -0.2) is 9.13 Å². The number of rotatable bonds is 64. The Morgan fingerprint density at radius 3 is 0.721 bits per heavy atom. The Balaban J connectivity index is 5.23. The van der Waals surface area contributed by atoms with E-state index in [0.29, 0.717) is 31.6 Å². The van der Waals surface area contributed by atoms with Crippen LogP contribution in [0.25, 0.3) is 0 Å². The van der Waals surface area contributed by atoms with E-state index >= 15 is 0 Å². The molecule has 3 N–H and O–H groups in total. The average molecular weight is 1270 g/mol. The molecule has 510 valence electrons. The highest BCUT2D eigenvalue weighted by Crippen LogP contribution is 2.45. The van der Waals surface area contributed by atoms with Crippen molar-refractivity contribution in [3.05, 3.63) is 0 Å². The van der Waals surface area contributed by atoms with Gasteiger partial charge in [0.15, 0.2) is 12.2 Å². The van der Waals surface area contributed by atoms with Crippen LogP contribution in [0, 0.1) is 23.7 Å². The lowest BCUT2D eigenvalue weighted by atomic mass is 10.0. The molecule has 0 aromatic heterocycles. The van der Waals surface area contributed by atoms with E-state index in [1.807, 2.05) is 0 Å². The van der Waals surface area contributed by atoms with Crippen molar-refractivity contribution in [2.75, 3.05) is 39.6 Å². The smallest absolute Gasteiger partial charge is 0.462 e. The molecular weight excluding hydrogens is 1140 g/mol. The second-order valence-corrected chi connectivity index (χ2v) is 29.0. The summed E-state index contributed by atoms with van der Waals surface area (Å²) in [5, 5.41) is 10.6. The lowest BCUT2D eigenvalue weighted by Gasteiger charge is -2.21. The Morgan fingerprint density at radius 1 is 0.291 bits per heavy atom. The number of phosphoric acid groups is 2. The first-order chi connectivity index (χ1) is 41.1. The minimum atomic E-state index is -4.95. The van der Waals surface area contributed by atoms with Crippen LogP contribution >= 0.6 is 15.6 Å². The second kappa shape index (κ2) is 57.0. The van der Waals surface area contributed by atoms with Crippen molar-refractivity contribution < 1.29 is 80.2 Å². The van der Waals surface area contributed by atoms with Crippen LogP contribution in [0.15, 0.2) is 0 Å². The molecule has 0 spiro atoms. The van der Waals surface area contributed by atoms with E-state index in [1.165, 1.54) is 122 Å². The summed E-state index contributed by atoms with van der Waals surface area (Å²) in [6.45, 7) is 14.0. The zero-order valence-corrected chi connectivity index (χ0v) is 57.7. The molecule has 0 aliphatic rings. The fraction of sp³-hybridized carbons (Fsp3) is 0.940. The third-order valence-corrected chi connectivity index (χ3v) is 17.2. The molecule has 0 aromatic carbocycles. The van der Waals surface area contributed by atoms with Gasteiger partial charge in [-0.15, -0.1) is 0 Å². The van der Waals surface area contributed by atoms with Crippen LogP contribution in [0.1, 0.15) is 325 Å². The largest absolute Gasteiger partial charge is 0.472 e. The molecular formula is C67H130O17P2. The molecule has 0 saturated heterocycles. The quantitative estimate of drug-likeness (QED) is 0.0222. The van der Waals surface area contributed by atoms with Crippen LogP contribution in [-0.2, 0) is 65.4 Å². The standard InChI is InChI=1S/C67H130O17P2/c1-57(2)43-35-27-19-13-11-9-10-12-14-22-31-39-47-64(69)77-53-62(83-66(71)49-41-33-23-17-15-20-28-36-44-58(3)4)55-81-85(73,74)79-51-61(68)52-80-86(75,76)82-56-63(54-78-65(70)48-40-32-26-25-30-38-46-60(7)8)84-67(72)50-42-34-24-18-16-21-29-37-45-59(5)6/h57-63,68H,9-56H2,1-8H3,(H,73,74)(H,75,76)/t61-,62-,63-/m1/s1. The Bertz CT molecular complexity index is 1710. The molecule has 0 radical (unpaired) electrons. The van der Waals surface area contributed by atoms with Crippen molar-refractivity contribution in [2.45, 2.75) is 343 Å². The normalized spacial score (nSPS) is 14.4. The number of hydrogen-bond donors (Lipinski definition) is 3. The molecule has 0 aromatic rings.